The molecule has 0 radical (unpaired) electrons. The maximum Gasteiger partial charge on any atom is 0.232 e. The van der Waals surface area contributed by atoms with E-state index in [-0.39, 0.29) is 11.8 Å². The van der Waals surface area contributed by atoms with Gasteiger partial charge in [-0.25, -0.2) is 4.98 Å². The number of hydrogen-bond donors (Lipinski definition) is 2. The number of aromatic amines is 1. The quantitative estimate of drug-likeness (QED) is 0.659. The number of halogens is 2. The number of aryl methyl sites for hydroxylation is 1. The molecule has 118 valence electrons. The maximum atomic E-state index is 12.0. The van der Waals surface area contributed by atoms with Crippen molar-refractivity contribution in [1.29, 1.82) is 0 Å². The lowest BCUT2D eigenvalue weighted by atomic mass is 10.1. The molecule has 1 aliphatic carbocycles. The summed E-state index contributed by atoms with van der Waals surface area (Å²) >= 11 is 13.2. The molecule has 0 saturated heterocycles. The van der Waals surface area contributed by atoms with E-state index in [9.17, 15) is 4.79 Å². The van der Waals surface area contributed by atoms with Crippen molar-refractivity contribution in [1.82, 2.24) is 9.97 Å². The van der Waals surface area contributed by atoms with Crippen LogP contribution in [-0.4, -0.2) is 20.2 Å². The van der Waals surface area contributed by atoms with E-state index in [2.05, 4.69) is 21.4 Å². The Kier molecular flexibility index (Phi) is 3.41. The molecule has 1 atom stereocenters. The van der Waals surface area contributed by atoms with Gasteiger partial charge in [0.2, 0.25) is 5.91 Å². The highest BCUT2D eigenvalue weighted by Crippen LogP contribution is 2.53. The van der Waals surface area contributed by atoms with Crippen molar-refractivity contribution in [3.05, 3.63) is 35.3 Å². The number of H-pyrrole nitrogens is 1. The minimum Gasteiger partial charge on any atom is -0.358 e. The Morgan fingerprint density at radius 1 is 1.43 bits per heavy atom. The van der Waals surface area contributed by atoms with E-state index in [4.69, 9.17) is 23.2 Å². The summed E-state index contributed by atoms with van der Waals surface area (Å²) in [7, 11) is 0. The third-order valence-corrected chi connectivity index (χ3v) is 5.62. The zero-order chi connectivity index (χ0) is 16.2. The van der Waals surface area contributed by atoms with Gasteiger partial charge in [0, 0.05) is 27.5 Å². The average molecular weight is 366 g/mol. The third kappa shape index (κ3) is 2.63. The maximum absolute atomic E-state index is 12.0. The molecule has 2 aromatic heterocycles. The molecule has 0 spiro atoms. The Hall–Kier alpha value is -1.56. The second-order valence-corrected chi connectivity index (χ2v) is 8.12. The first-order chi connectivity index (χ1) is 11.0. The molecule has 2 N–H and O–H groups in total. The molecule has 7 heteroatoms. The minimum atomic E-state index is -0.919. The first kappa shape index (κ1) is 15.0. The summed E-state index contributed by atoms with van der Waals surface area (Å²) in [5.41, 5.74) is 4.04. The fraction of sp³-hybridized carbons (Fsp3) is 0.250. The summed E-state index contributed by atoms with van der Waals surface area (Å²) in [5, 5.41) is 6.42. The molecule has 4 rings (SSSR count). The van der Waals surface area contributed by atoms with Gasteiger partial charge >= 0.3 is 0 Å². The molecule has 1 amide bonds. The molecule has 1 fully saturated rings. The second-order valence-electron chi connectivity index (χ2n) is 5.72. The largest absolute Gasteiger partial charge is 0.358 e. The van der Waals surface area contributed by atoms with E-state index in [1.807, 2.05) is 30.5 Å². The van der Waals surface area contributed by atoms with Crippen LogP contribution in [0.2, 0.25) is 0 Å². The molecule has 0 aliphatic heterocycles. The number of benzene rings is 1. The average Bonchev–Trinajstić information content (AvgIpc) is 2.85. The zero-order valence-electron chi connectivity index (χ0n) is 12.2. The SMILES string of the molecule is Cc1[nH]c2ccccc2c1-c1csc(NC(=O)C2CC2(Cl)Cl)n1. The molecule has 3 aromatic rings. The summed E-state index contributed by atoms with van der Waals surface area (Å²) in [5.74, 6) is -0.528. The predicted octanol–water partition coefficient (Wildman–Crippen LogP) is 4.73. The van der Waals surface area contributed by atoms with Gasteiger partial charge in [-0.2, -0.15) is 0 Å². The Bertz CT molecular complexity index is 915. The lowest BCUT2D eigenvalue weighted by Gasteiger charge is -2.01. The van der Waals surface area contributed by atoms with Gasteiger partial charge in [-0.15, -0.1) is 34.5 Å². The summed E-state index contributed by atoms with van der Waals surface area (Å²) in [6.45, 7) is 2.02. The van der Waals surface area contributed by atoms with E-state index in [0.717, 1.165) is 27.9 Å². The highest BCUT2D eigenvalue weighted by molar-refractivity contribution is 7.14. The molecule has 1 aromatic carbocycles. The van der Waals surface area contributed by atoms with E-state index in [1.165, 1.54) is 11.3 Å². The summed E-state index contributed by atoms with van der Waals surface area (Å²) in [6.07, 6.45) is 0.488. The number of hydrogen-bond acceptors (Lipinski definition) is 3. The monoisotopic (exact) mass is 365 g/mol. The van der Waals surface area contributed by atoms with Crippen molar-refractivity contribution < 1.29 is 4.79 Å². The van der Waals surface area contributed by atoms with Crippen LogP contribution in [0.3, 0.4) is 0 Å². The lowest BCUT2D eigenvalue weighted by Crippen LogP contribution is -2.16. The van der Waals surface area contributed by atoms with Crippen molar-refractivity contribution in [2.45, 2.75) is 17.7 Å². The highest BCUT2D eigenvalue weighted by Gasteiger charge is 2.56. The van der Waals surface area contributed by atoms with Crippen molar-refractivity contribution in [2.75, 3.05) is 5.32 Å². The standard InChI is InChI=1S/C16H13Cl2N3OS/c1-8-13(9-4-2-3-5-11(9)19-8)12-7-23-15(20-12)21-14(22)10-6-16(10,17)18/h2-5,7,10,19H,6H2,1H3,(H,20,21,22). The first-order valence-electron chi connectivity index (χ1n) is 7.17. The molecular weight excluding hydrogens is 353 g/mol. The number of aromatic nitrogens is 2. The third-order valence-electron chi connectivity index (χ3n) is 4.03. The second kappa shape index (κ2) is 5.23. The lowest BCUT2D eigenvalue weighted by molar-refractivity contribution is -0.117. The van der Waals surface area contributed by atoms with Gasteiger partial charge in [0.1, 0.15) is 4.33 Å². The van der Waals surface area contributed by atoms with Crippen LogP contribution in [0.5, 0.6) is 0 Å². The molecule has 1 unspecified atom stereocenters. The van der Waals surface area contributed by atoms with Gasteiger partial charge in [0.25, 0.3) is 0 Å². The molecule has 4 nitrogen and oxygen atoms in total. The van der Waals surface area contributed by atoms with E-state index in [0.29, 0.717) is 11.6 Å². The summed E-state index contributed by atoms with van der Waals surface area (Å²) < 4.78 is -0.919. The van der Waals surface area contributed by atoms with Crippen LogP contribution < -0.4 is 5.32 Å². The fourth-order valence-electron chi connectivity index (χ4n) is 2.74. The fourth-order valence-corrected chi connectivity index (χ4v) is 3.95. The Balaban J connectivity index is 1.62. The van der Waals surface area contributed by atoms with Crippen LogP contribution in [-0.2, 0) is 4.79 Å². The Morgan fingerprint density at radius 3 is 2.91 bits per heavy atom. The number of nitrogens with one attached hydrogen (secondary N) is 2. The van der Waals surface area contributed by atoms with Crippen LogP contribution in [0.25, 0.3) is 22.2 Å². The highest BCUT2D eigenvalue weighted by atomic mass is 35.5. The molecule has 23 heavy (non-hydrogen) atoms. The summed E-state index contributed by atoms with van der Waals surface area (Å²) in [4.78, 5) is 19.9. The van der Waals surface area contributed by atoms with E-state index < -0.39 is 4.33 Å². The van der Waals surface area contributed by atoms with Crippen LogP contribution in [0, 0.1) is 12.8 Å². The van der Waals surface area contributed by atoms with Gasteiger partial charge in [-0.05, 0) is 19.4 Å². The number of fused-ring (bicyclic) bond motifs is 1. The Morgan fingerprint density at radius 2 is 2.17 bits per heavy atom. The Labute approximate surface area is 146 Å². The molecule has 1 aliphatic rings. The minimum absolute atomic E-state index is 0.174. The normalized spacial score (nSPS) is 19.0. The van der Waals surface area contributed by atoms with Crippen LogP contribution in [0.1, 0.15) is 12.1 Å². The number of amides is 1. The van der Waals surface area contributed by atoms with Crippen molar-refractivity contribution in [2.24, 2.45) is 5.92 Å². The van der Waals surface area contributed by atoms with Gasteiger partial charge < -0.3 is 10.3 Å². The number of alkyl halides is 2. The predicted molar refractivity (Wildman–Crippen MR) is 95.3 cm³/mol. The van der Waals surface area contributed by atoms with Crippen molar-refractivity contribution in [3.8, 4) is 11.3 Å². The van der Waals surface area contributed by atoms with Gasteiger partial charge in [-0.1, -0.05) is 18.2 Å². The number of para-hydroxylation sites is 1. The zero-order valence-corrected chi connectivity index (χ0v) is 14.5. The topological polar surface area (TPSA) is 57.8 Å². The van der Waals surface area contributed by atoms with E-state index >= 15 is 0 Å². The number of rotatable bonds is 3. The van der Waals surface area contributed by atoms with Gasteiger partial charge in [0.15, 0.2) is 5.13 Å². The summed E-state index contributed by atoms with van der Waals surface area (Å²) in [6, 6.07) is 8.09. The van der Waals surface area contributed by atoms with Crippen LogP contribution >= 0.6 is 34.5 Å². The molecule has 0 bridgehead atoms. The number of thiazole rings is 1. The van der Waals surface area contributed by atoms with E-state index in [1.54, 1.807) is 0 Å². The number of nitrogens with zero attached hydrogens (tertiary/aromatic N) is 1. The first-order valence-corrected chi connectivity index (χ1v) is 8.81. The van der Waals surface area contributed by atoms with Crippen LogP contribution in [0.4, 0.5) is 5.13 Å². The van der Waals surface area contributed by atoms with Crippen molar-refractivity contribution in [3.63, 3.8) is 0 Å². The molecular formula is C16H13Cl2N3OS. The number of anilines is 1. The van der Waals surface area contributed by atoms with Gasteiger partial charge in [-0.3, -0.25) is 4.79 Å². The van der Waals surface area contributed by atoms with Crippen molar-refractivity contribution >= 4 is 56.5 Å². The number of carbonyl (C=O) groups excluding carboxylic acids is 1. The smallest absolute Gasteiger partial charge is 0.232 e. The van der Waals surface area contributed by atoms with Crippen LogP contribution in [0.15, 0.2) is 29.6 Å². The molecule has 1 saturated carbocycles. The van der Waals surface area contributed by atoms with Gasteiger partial charge in [0.05, 0.1) is 11.6 Å². The number of carbonyl (C=O) groups is 1. The molecule has 2 heterocycles.